The van der Waals surface area contributed by atoms with Gasteiger partial charge in [-0.15, -0.1) is 11.3 Å². The van der Waals surface area contributed by atoms with Crippen LogP contribution < -0.4 is 5.32 Å². The van der Waals surface area contributed by atoms with Gasteiger partial charge in [0.05, 0.1) is 12.1 Å². The van der Waals surface area contributed by atoms with Crippen molar-refractivity contribution < 1.29 is 14.3 Å². The summed E-state index contributed by atoms with van der Waals surface area (Å²) in [5.74, 6) is -0.765. The van der Waals surface area contributed by atoms with Gasteiger partial charge >= 0.3 is 5.97 Å². The Labute approximate surface area is 166 Å². The lowest BCUT2D eigenvalue weighted by atomic mass is 10.1. The lowest BCUT2D eigenvalue weighted by Crippen LogP contribution is -2.33. The minimum atomic E-state index is -0.953. The third-order valence-electron chi connectivity index (χ3n) is 4.30. The number of aromatic nitrogens is 2. The molecule has 6 nitrogen and oxygen atoms in total. The highest BCUT2D eigenvalue weighted by molar-refractivity contribution is 7.13. The molecule has 0 radical (unpaired) electrons. The molecule has 2 aromatic heterocycles. The van der Waals surface area contributed by atoms with Gasteiger partial charge in [0.2, 0.25) is 6.10 Å². The molecular formula is C21H19N3O3S. The van der Waals surface area contributed by atoms with Crippen molar-refractivity contribution in [3.8, 4) is 10.6 Å². The zero-order chi connectivity index (χ0) is 19.3. The molecule has 1 atom stereocenters. The molecule has 1 amide bonds. The number of ether oxygens (including phenoxy) is 1. The van der Waals surface area contributed by atoms with Crippen LogP contribution in [0.5, 0.6) is 0 Å². The molecule has 1 aromatic carbocycles. The first-order valence-electron chi connectivity index (χ1n) is 9.08. The number of nitrogens with zero attached hydrogens (tertiary/aromatic N) is 2. The van der Waals surface area contributed by atoms with E-state index in [4.69, 9.17) is 4.74 Å². The van der Waals surface area contributed by atoms with Crippen molar-refractivity contribution in [3.05, 3.63) is 71.5 Å². The third kappa shape index (κ3) is 4.61. The van der Waals surface area contributed by atoms with Gasteiger partial charge in [-0.1, -0.05) is 30.3 Å². The maximum Gasteiger partial charge on any atom is 0.313 e. The molecule has 1 aliphatic rings. The van der Waals surface area contributed by atoms with Gasteiger partial charge in [-0.2, -0.15) is 0 Å². The number of hydrogen-bond donors (Lipinski definition) is 1. The van der Waals surface area contributed by atoms with Gasteiger partial charge in [0.1, 0.15) is 5.01 Å². The number of benzene rings is 1. The first-order chi connectivity index (χ1) is 13.7. The van der Waals surface area contributed by atoms with E-state index in [1.807, 2.05) is 35.7 Å². The number of carbonyl (C=O) groups excluding carboxylic acids is 2. The summed E-state index contributed by atoms with van der Waals surface area (Å²) in [7, 11) is 0. The zero-order valence-electron chi connectivity index (χ0n) is 15.1. The minimum Gasteiger partial charge on any atom is -0.447 e. The maximum absolute atomic E-state index is 12.6. The van der Waals surface area contributed by atoms with Crippen molar-refractivity contribution in [2.45, 2.75) is 31.4 Å². The Kier molecular flexibility index (Phi) is 5.43. The van der Waals surface area contributed by atoms with Crippen molar-refractivity contribution in [1.29, 1.82) is 0 Å². The van der Waals surface area contributed by atoms with Crippen LogP contribution in [-0.4, -0.2) is 27.9 Å². The van der Waals surface area contributed by atoms with Crippen LogP contribution in [0.3, 0.4) is 0 Å². The average Bonchev–Trinajstić information content (AvgIpc) is 3.42. The Hall–Kier alpha value is -3.06. The van der Waals surface area contributed by atoms with Gasteiger partial charge in [-0.3, -0.25) is 14.6 Å². The second-order valence-corrected chi connectivity index (χ2v) is 7.48. The molecule has 1 aliphatic carbocycles. The number of rotatable bonds is 7. The van der Waals surface area contributed by atoms with Crippen molar-refractivity contribution in [3.63, 3.8) is 0 Å². The van der Waals surface area contributed by atoms with E-state index in [9.17, 15) is 9.59 Å². The summed E-state index contributed by atoms with van der Waals surface area (Å²) in [5.41, 5.74) is 2.17. The highest BCUT2D eigenvalue weighted by Gasteiger charge is 2.30. The summed E-state index contributed by atoms with van der Waals surface area (Å²) in [6, 6.07) is 13.0. The Morgan fingerprint density at radius 3 is 2.71 bits per heavy atom. The molecule has 2 heterocycles. The molecule has 1 N–H and O–H groups in total. The molecule has 1 saturated carbocycles. The molecule has 0 unspecified atom stereocenters. The molecule has 4 rings (SSSR count). The zero-order valence-corrected chi connectivity index (χ0v) is 15.9. The standard InChI is InChI=1S/C21H19N3O3S/c25-18(11-17-13-28-21(24-17)15-7-4-10-22-12-15)27-19(14-5-2-1-3-6-14)20(26)23-16-8-9-16/h1-7,10,12-13,16,19H,8-9,11H2,(H,23,26)/t19-/m1/s1. The quantitative estimate of drug-likeness (QED) is 0.623. The Morgan fingerprint density at radius 2 is 2.00 bits per heavy atom. The Morgan fingerprint density at radius 1 is 1.18 bits per heavy atom. The second kappa shape index (κ2) is 8.31. The molecule has 7 heteroatoms. The summed E-state index contributed by atoms with van der Waals surface area (Å²) in [5, 5.41) is 5.53. The molecule has 0 spiro atoms. The fourth-order valence-electron chi connectivity index (χ4n) is 2.74. The Bertz CT molecular complexity index is 955. The number of pyridine rings is 1. The van der Waals surface area contributed by atoms with E-state index in [2.05, 4.69) is 15.3 Å². The summed E-state index contributed by atoms with van der Waals surface area (Å²) < 4.78 is 5.55. The van der Waals surface area contributed by atoms with E-state index in [1.54, 1.807) is 24.5 Å². The van der Waals surface area contributed by atoms with E-state index < -0.39 is 12.1 Å². The summed E-state index contributed by atoms with van der Waals surface area (Å²) in [6.07, 6.45) is 4.43. The van der Waals surface area contributed by atoms with Crippen LogP contribution in [-0.2, 0) is 20.7 Å². The van der Waals surface area contributed by atoms with E-state index >= 15 is 0 Å². The van der Waals surface area contributed by atoms with Gasteiger partial charge in [-0.05, 0) is 25.0 Å². The number of hydrogen-bond acceptors (Lipinski definition) is 6. The molecule has 0 saturated heterocycles. The SMILES string of the molecule is O=C(Cc1csc(-c2cccnc2)n1)O[C@@H](C(=O)NC1CC1)c1ccccc1. The fourth-order valence-corrected chi connectivity index (χ4v) is 3.55. The molecule has 1 fully saturated rings. The molecule has 3 aromatic rings. The van der Waals surface area contributed by atoms with Crippen LogP contribution in [0.1, 0.15) is 30.2 Å². The lowest BCUT2D eigenvalue weighted by molar-refractivity contribution is -0.156. The van der Waals surface area contributed by atoms with E-state index in [0.29, 0.717) is 11.3 Å². The Balaban J connectivity index is 1.44. The predicted octanol–water partition coefficient (Wildman–Crippen LogP) is 3.31. The lowest BCUT2D eigenvalue weighted by Gasteiger charge is -2.17. The second-order valence-electron chi connectivity index (χ2n) is 6.63. The summed E-state index contributed by atoms with van der Waals surface area (Å²) in [6.45, 7) is 0. The molecule has 0 bridgehead atoms. The van der Waals surface area contributed by atoms with Crippen LogP contribution in [0.4, 0.5) is 0 Å². The molecular weight excluding hydrogens is 374 g/mol. The largest absolute Gasteiger partial charge is 0.447 e. The van der Waals surface area contributed by atoms with Crippen LogP contribution in [0.2, 0.25) is 0 Å². The van der Waals surface area contributed by atoms with Crippen LogP contribution in [0, 0.1) is 0 Å². The number of amides is 1. The monoisotopic (exact) mass is 393 g/mol. The number of esters is 1. The van der Waals surface area contributed by atoms with E-state index in [-0.39, 0.29) is 18.4 Å². The van der Waals surface area contributed by atoms with Gasteiger partial charge in [0.15, 0.2) is 0 Å². The van der Waals surface area contributed by atoms with Crippen molar-refractivity contribution >= 4 is 23.2 Å². The number of carbonyl (C=O) groups is 2. The van der Waals surface area contributed by atoms with Gasteiger partial charge < -0.3 is 10.1 Å². The molecule has 0 aliphatic heterocycles. The molecule has 28 heavy (non-hydrogen) atoms. The van der Waals surface area contributed by atoms with Gasteiger partial charge in [-0.25, -0.2) is 4.98 Å². The number of nitrogens with one attached hydrogen (secondary N) is 1. The molecule has 142 valence electrons. The third-order valence-corrected chi connectivity index (χ3v) is 5.24. The average molecular weight is 393 g/mol. The van der Waals surface area contributed by atoms with Crippen molar-refractivity contribution in [1.82, 2.24) is 15.3 Å². The fraction of sp³-hybridized carbons (Fsp3) is 0.238. The first-order valence-corrected chi connectivity index (χ1v) is 9.96. The summed E-state index contributed by atoms with van der Waals surface area (Å²) >= 11 is 1.44. The van der Waals surface area contributed by atoms with Crippen molar-refractivity contribution in [2.24, 2.45) is 0 Å². The predicted molar refractivity (Wildman–Crippen MR) is 105 cm³/mol. The normalized spacial score (nSPS) is 14.3. The van der Waals surface area contributed by atoms with E-state index in [1.165, 1.54) is 11.3 Å². The first kappa shape index (κ1) is 18.3. The van der Waals surface area contributed by atoms with Crippen LogP contribution in [0.25, 0.3) is 10.6 Å². The van der Waals surface area contributed by atoms with Gasteiger partial charge in [0.25, 0.3) is 5.91 Å². The topological polar surface area (TPSA) is 81.2 Å². The smallest absolute Gasteiger partial charge is 0.313 e. The van der Waals surface area contributed by atoms with Gasteiger partial charge in [0, 0.05) is 34.9 Å². The minimum absolute atomic E-state index is 0.0107. The van der Waals surface area contributed by atoms with E-state index in [0.717, 1.165) is 23.4 Å². The maximum atomic E-state index is 12.6. The van der Waals surface area contributed by atoms with Crippen LogP contribution >= 0.6 is 11.3 Å². The van der Waals surface area contributed by atoms with Crippen LogP contribution in [0.15, 0.2) is 60.2 Å². The highest BCUT2D eigenvalue weighted by Crippen LogP contribution is 2.25. The highest BCUT2D eigenvalue weighted by atomic mass is 32.1. The summed E-state index contributed by atoms with van der Waals surface area (Å²) in [4.78, 5) is 33.6. The number of thiazole rings is 1. The van der Waals surface area contributed by atoms with Crippen molar-refractivity contribution in [2.75, 3.05) is 0 Å².